The summed E-state index contributed by atoms with van der Waals surface area (Å²) in [6.07, 6.45) is 1.77. The molecule has 0 aliphatic rings. The van der Waals surface area contributed by atoms with Gasteiger partial charge in [0.05, 0.1) is 25.7 Å². The van der Waals surface area contributed by atoms with Crippen LogP contribution < -0.4 is 4.74 Å². The molecule has 0 bridgehead atoms. The minimum atomic E-state index is -3.67. The van der Waals surface area contributed by atoms with Crippen molar-refractivity contribution in [2.24, 2.45) is 5.92 Å². The van der Waals surface area contributed by atoms with Crippen LogP contribution in [-0.2, 0) is 31.7 Å². The molecule has 0 N–H and O–H groups in total. The number of methoxy groups -OCH3 is 1. The third-order valence-corrected chi connectivity index (χ3v) is 12.4. The molecule has 0 aliphatic heterocycles. The first-order valence-corrected chi connectivity index (χ1v) is 18.1. The molecular formula is C31H47BF3IO5Si. The Labute approximate surface area is 265 Å². The molecule has 0 saturated heterocycles. The van der Waals surface area contributed by atoms with Gasteiger partial charge in [-0.15, -0.1) is 0 Å². The van der Waals surface area contributed by atoms with Crippen LogP contribution in [-0.4, -0.2) is 47.3 Å². The third-order valence-electron chi connectivity index (χ3n) is 7.11. The van der Waals surface area contributed by atoms with E-state index in [0.29, 0.717) is 26.1 Å². The summed E-state index contributed by atoms with van der Waals surface area (Å²) in [7, 11) is -3.96. The molecule has 236 valence electrons. The van der Waals surface area contributed by atoms with Gasteiger partial charge in [-0.2, -0.15) is 0 Å². The molecule has 11 heteroatoms. The second-order valence-corrected chi connectivity index (χ2v) is 18.7. The molecule has 0 aromatic heterocycles. The Morgan fingerprint density at radius 1 is 0.905 bits per heavy atom. The Balaban J connectivity index is 0.00000206. The molecule has 0 saturated carbocycles. The third kappa shape index (κ3) is 15.2. The molecule has 0 aliphatic carbocycles. The van der Waals surface area contributed by atoms with Gasteiger partial charge in [0.1, 0.15) is 11.4 Å². The zero-order chi connectivity index (χ0) is 32.1. The number of aryl methyl sites for hydroxylation is 1. The predicted molar refractivity (Wildman–Crippen MR) is 175 cm³/mol. The van der Waals surface area contributed by atoms with Crippen molar-refractivity contribution in [2.45, 2.75) is 97.2 Å². The van der Waals surface area contributed by atoms with E-state index in [0.717, 1.165) is 17.7 Å². The number of hydrogen-bond donors (Lipinski definition) is 0. The van der Waals surface area contributed by atoms with E-state index in [1.807, 2.05) is 45.0 Å². The van der Waals surface area contributed by atoms with Crippen LogP contribution in [0.5, 0.6) is 5.75 Å². The summed E-state index contributed by atoms with van der Waals surface area (Å²) in [5.41, 5.74) is 1.68. The van der Waals surface area contributed by atoms with Gasteiger partial charge in [0.25, 0.3) is 0 Å². The first-order chi connectivity index (χ1) is 19.3. The molecule has 2 unspecified atom stereocenters. The Bertz CT molecular complexity index is 1060. The molecule has 2 aromatic carbocycles. The first-order valence-electron chi connectivity index (χ1n) is 14.1. The molecule has 2 rings (SSSR count). The topological polar surface area (TPSA) is 54.0 Å². The molecular weight excluding hydrogens is 675 g/mol. The average Bonchev–Trinajstić information content (AvgIpc) is 2.86. The fourth-order valence-electron chi connectivity index (χ4n) is 3.78. The summed E-state index contributed by atoms with van der Waals surface area (Å²) in [6, 6.07) is 16.4. The van der Waals surface area contributed by atoms with E-state index in [9.17, 15) is 17.7 Å². The van der Waals surface area contributed by atoms with Crippen LogP contribution in [0.25, 0.3) is 0 Å². The van der Waals surface area contributed by atoms with Gasteiger partial charge < -0.3 is 18.6 Å². The van der Waals surface area contributed by atoms with Crippen LogP contribution in [0.1, 0.15) is 65.5 Å². The maximum Gasteiger partial charge on any atom is 0.762 e. The molecule has 0 heterocycles. The van der Waals surface area contributed by atoms with Crippen LogP contribution in [0.3, 0.4) is 0 Å². The fraction of sp³-hybridized carbons (Fsp3) is 0.581. The summed E-state index contributed by atoms with van der Waals surface area (Å²) in [4.78, 5) is 13.5. The highest BCUT2D eigenvalue weighted by molar-refractivity contribution is 14.1. The number of carbonyl (C=O) groups is 1. The van der Waals surface area contributed by atoms with Crippen LogP contribution in [0.15, 0.2) is 48.5 Å². The van der Waals surface area contributed by atoms with Crippen molar-refractivity contribution in [3.63, 3.8) is 0 Å². The molecule has 0 fully saturated rings. The predicted octanol–water partition coefficient (Wildman–Crippen LogP) is 9.07. The number of carbonyl (C=O) groups excluding carboxylic acids is 1. The van der Waals surface area contributed by atoms with Crippen molar-refractivity contribution >= 4 is 44.4 Å². The second kappa shape index (κ2) is 17.7. The number of esters is 1. The largest absolute Gasteiger partial charge is 0.762 e. The summed E-state index contributed by atoms with van der Waals surface area (Å²) in [5, 5.41) is 0.101. The van der Waals surface area contributed by atoms with E-state index in [1.165, 1.54) is 9.13 Å². The van der Waals surface area contributed by atoms with Gasteiger partial charge in [-0.25, -0.2) is 0 Å². The number of benzene rings is 2. The van der Waals surface area contributed by atoms with Crippen LogP contribution >= 0.6 is 22.6 Å². The van der Waals surface area contributed by atoms with Gasteiger partial charge in [0.15, 0.2) is 8.32 Å². The minimum absolute atomic E-state index is 0.101. The fourth-order valence-corrected chi connectivity index (χ4v) is 5.20. The Morgan fingerprint density at radius 2 is 1.43 bits per heavy atom. The highest BCUT2D eigenvalue weighted by atomic mass is 127. The van der Waals surface area contributed by atoms with Gasteiger partial charge in [-0.05, 0) is 116 Å². The van der Waals surface area contributed by atoms with Crippen molar-refractivity contribution in [1.29, 1.82) is 0 Å². The maximum absolute atomic E-state index is 13.5. The number of hydrogen-bond acceptors (Lipinski definition) is 5. The first kappa shape index (κ1) is 38.5. The molecule has 0 radical (unpaired) electrons. The number of halogens is 4. The Hall–Kier alpha value is -1.57. The molecule has 2 atom stereocenters. The molecule has 2 aromatic rings. The maximum atomic E-state index is 13.5. The standard InChI is InChI=1S/C31H47IO5Si.BF3/c1-30(2,3)37-29(33)27(20-21-36-38(8,9)31(4,5)6)28(19-14-23-10-15-25(32)16-11-23)35-22-24-12-17-26(34-7)18-13-24;2-1(3)4/h10-13,15-18,27-28H,14,19-22H2,1-9H3;. The van der Waals surface area contributed by atoms with Crippen molar-refractivity contribution in [3.05, 3.63) is 63.2 Å². The quantitative estimate of drug-likeness (QED) is 0.117. The molecule has 5 nitrogen and oxygen atoms in total. The van der Waals surface area contributed by atoms with E-state index < -0.39 is 27.4 Å². The van der Waals surface area contributed by atoms with Crippen molar-refractivity contribution < 1.29 is 36.4 Å². The van der Waals surface area contributed by atoms with Gasteiger partial charge in [0, 0.05) is 10.2 Å². The highest BCUT2D eigenvalue weighted by Crippen LogP contribution is 2.37. The highest BCUT2D eigenvalue weighted by Gasteiger charge is 2.38. The zero-order valence-corrected chi connectivity index (χ0v) is 29.6. The smallest absolute Gasteiger partial charge is 0.497 e. The van der Waals surface area contributed by atoms with E-state index in [1.54, 1.807) is 7.11 Å². The lowest BCUT2D eigenvalue weighted by Gasteiger charge is -2.37. The van der Waals surface area contributed by atoms with Gasteiger partial charge >= 0.3 is 13.5 Å². The lowest BCUT2D eigenvalue weighted by Crippen LogP contribution is -2.42. The van der Waals surface area contributed by atoms with Crippen LogP contribution in [0.2, 0.25) is 18.1 Å². The van der Waals surface area contributed by atoms with E-state index in [4.69, 9.17) is 18.6 Å². The molecule has 42 heavy (non-hydrogen) atoms. The average molecular weight is 723 g/mol. The van der Waals surface area contributed by atoms with Crippen molar-refractivity contribution in [2.75, 3.05) is 13.7 Å². The van der Waals surface area contributed by atoms with Gasteiger partial charge in [0.2, 0.25) is 0 Å². The van der Waals surface area contributed by atoms with Crippen LogP contribution in [0.4, 0.5) is 12.9 Å². The lowest BCUT2D eigenvalue weighted by atomic mass is 9.93. The van der Waals surface area contributed by atoms with E-state index >= 15 is 0 Å². The number of ether oxygens (including phenoxy) is 3. The Kier molecular flexibility index (Phi) is 16.2. The molecule has 0 amide bonds. The second-order valence-electron chi connectivity index (χ2n) is 12.6. The molecule has 0 spiro atoms. The van der Waals surface area contributed by atoms with Crippen molar-refractivity contribution in [3.8, 4) is 5.75 Å². The SMILES string of the molecule is COc1ccc(COC(CCc2ccc(I)cc2)C(CCO[Si](C)(C)C(C)(C)C)C(=O)OC(C)(C)C)cc1.FB(F)F. The van der Waals surface area contributed by atoms with Crippen LogP contribution in [0, 0.1) is 9.49 Å². The summed E-state index contributed by atoms with van der Waals surface area (Å²) < 4.78 is 54.4. The lowest BCUT2D eigenvalue weighted by molar-refractivity contribution is -0.167. The number of rotatable bonds is 13. The van der Waals surface area contributed by atoms with Gasteiger partial charge in [-0.3, -0.25) is 17.7 Å². The Morgan fingerprint density at radius 3 is 1.90 bits per heavy atom. The minimum Gasteiger partial charge on any atom is -0.497 e. The van der Waals surface area contributed by atoms with E-state index in [-0.39, 0.29) is 17.1 Å². The summed E-state index contributed by atoms with van der Waals surface area (Å²) in [5.74, 6) is 0.151. The van der Waals surface area contributed by atoms with E-state index in [2.05, 4.69) is 80.7 Å². The summed E-state index contributed by atoms with van der Waals surface area (Å²) in [6.45, 7) is 17.8. The monoisotopic (exact) mass is 722 g/mol. The normalized spacial score (nSPS) is 13.5. The zero-order valence-electron chi connectivity index (χ0n) is 26.4. The summed E-state index contributed by atoms with van der Waals surface area (Å²) >= 11 is 2.32. The van der Waals surface area contributed by atoms with Crippen molar-refractivity contribution in [1.82, 2.24) is 0 Å². The van der Waals surface area contributed by atoms with Gasteiger partial charge in [-0.1, -0.05) is 45.0 Å².